The third-order valence-corrected chi connectivity index (χ3v) is 6.44. The lowest BCUT2D eigenvalue weighted by molar-refractivity contribution is -0.0669. The first kappa shape index (κ1) is 13.7. The van der Waals surface area contributed by atoms with Crippen molar-refractivity contribution in [2.75, 3.05) is 13.6 Å². The first-order valence-corrected chi connectivity index (χ1v) is 8.49. The van der Waals surface area contributed by atoms with Crippen molar-refractivity contribution in [3.05, 3.63) is 29.6 Å². The van der Waals surface area contributed by atoms with E-state index >= 15 is 0 Å². The SMILES string of the molecule is CN1CCCC1c1ccc(C23CCC(O)(CC2)CC3)nc1. The van der Waals surface area contributed by atoms with Gasteiger partial charge in [0.05, 0.1) is 5.60 Å². The van der Waals surface area contributed by atoms with Crippen LogP contribution in [0, 0.1) is 0 Å². The monoisotopic (exact) mass is 286 g/mol. The molecule has 2 bridgehead atoms. The Labute approximate surface area is 127 Å². The predicted octanol–water partition coefficient (Wildman–Crippen LogP) is 3.19. The molecule has 1 atom stereocenters. The fraction of sp³-hybridized carbons (Fsp3) is 0.722. The number of nitrogens with zero attached hydrogens (tertiary/aromatic N) is 2. The van der Waals surface area contributed by atoms with Gasteiger partial charge in [0, 0.05) is 23.3 Å². The molecule has 0 spiro atoms. The number of hydrogen-bond donors (Lipinski definition) is 1. The maximum absolute atomic E-state index is 10.4. The third-order valence-electron chi connectivity index (χ3n) is 6.44. The van der Waals surface area contributed by atoms with Crippen molar-refractivity contribution >= 4 is 0 Å². The largest absolute Gasteiger partial charge is 0.390 e. The second kappa shape index (κ2) is 4.79. The molecule has 1 aromatic heterocycles. The number of hydrogen-bond acceptors (Lipinski definition) is 3. The molecule has 1 unspecified atom stereocenters. The third kappa shape index (κ3) is 2.22. The van der Waals surface area contributed by atoms with Crippen LogP contribution in [0.5, 0.6) is 0 Å². The summed E-state index contributed by atoms with van der Waals surface area (Å²) in [5.74, 6) is 0. The van der Waals surface area contributed by atoms with Gasteiger partial charge in [0.15, 0.2) is 0 Å². The number of likely N-dealkylation sites (tertiary alicyclic amines) is 1. The van der Waals surface area contributed by atoms with Gasteiger partial charge in [0.25, 0.3) is 0 Å². The quantitative estimate of drug-likeness (QED) is 0.907. The minimum atomic E-state index is -0.353. The van der Waals surface area contributed by atoms with Crippen LogP contribution in [0.2, 0.25) is 0 Å². The van der Waals surface area contributed by atoms with E-state index in [1.54, 1.807) is 0 Å². The molecular weight excluding hydrogens is 260 g/mol. The van der Waals surface area contributed by atoms with Gasteiger partial charge >= 0.3 is 0 Å². The van der Waals surface area contributed by atoms with E-state index in [0.717, 1.165) is 38.5 Å². The van der Waals surface area contributed by atoms with Crippen molar-refractivity contribution in [3.8, 4) is 0 Å². The van der Waals surface area contributed by atoms with Crippen LogP contribution in [0.3, 0.4) is 0 Å². The number of aromatic nitrogens is 1. The van der Waals surface area contributed by atoms with Crippen molar-refractivity contribution in [1.29, 1.82) is 0 Å². The zero-order chi connectivity index (χ0) is 14.5. The Kier molecular flexibility index (Phi) is 3.13. The molecule has 1 aromatic rings. The fourth-order valence-corrected chi connectivity index (χ4v) is 4.80. The van der Waals surface area contributed by atoms with Crippen molar-refractivity contribution in [2.45, 2.75) is 68.4 Å². The summed E-state index contributed by atoms with van der Waals surface area (Å²) >= 11 is 0. The fourth-order valence-electron chi connectivity index (χ4n) is 4.80. The lowest BCUT2D eigenvalue weighted by atomic mass is 9.57. The Balaban J connectivity index is 1.57. The summed E-state index contributed by atoms with van der Waals surface area (Å²) in [7, 11) is 2.22. The maximum atomic E-state index is 10.4. The topological polar surface area (TPSA) is 36.4 Å². The lowest BCUT2D eigenvalue weighted by Gasteiger charge is -2.50. The number of aliphatic hydroxyl groups is 1. The van der Waals surface area contributed by atoms with E-state index in [1.165, 1.54) is 30.6 Å². The second-order valence-electron chi connectivity index (χ2n) is 7.62. The van der Waals surface area contributed by atoms with Gasteiger partial charge in [-0.05, 0) is 76.6 Å². The molecule has 1 aliphatic heterocycles. The highest BCUT2D eigenvalue weighted by Gasteiger charge is 2.49. The van der Waals surface area contributed by atoms with Gasteiger partial charge in [-0.15, -0.1) is 0 Å². The molecule has 3 heteroatoms. The summed E-state index contributed by atoms with van der Waals surface area (Å²) in [6.07, 6.45) is 10.9. The van der Waals surface area contributed by atoms with Crippen LogP contribution in [0.25, 0.3) is 0 Å². The van der Waals surface area contributed by atoms with Gasteiger partial charge in [-0.3, -0.25) is 9.88 Å². The van der Waals surface area contributed by atoms with Crippen LogP contribution in [0.15, 0.2) is 18.3 Å². The molecule has 1 saturated heterocycles. The Morgan fingerprint density at radius 2 is 1.86 bits per heavy atom. The van der Waals surface area contributed by atoms with Gasteiger partial charge in [-0.1, -0.05) is 6.07 Å². The van der Waals surface area contributed by atoms with Crippen LogP contribution in [0.4, 0.5) is 0 Å². The van der Waals surface area contributed by atoms with Crippen molar-refractivity contribution in [2.24, 2.45) is 0 Å². The van der Waals surface area contributed by atoms with Crippen LogP contribution < -0.4 is 0 Å². The first-order valence-electron chi connectivity index (χ1n) is 8.49. The summed E-state index contributed by atoms with van der Waals surface area (Å²) in [5.41, 5.74) is 2.55. The Morgan fingerprint density at radius 1 is 1.14 bits per heavy atom. The molecule has 4 fully saturated rings. The molecule has 5 rings (SSSR count). The maximum Gasteiger partial charge on any atom is 0.0648 e. The average Bonchev–Trinajstić information content (AvgIpc) is 2.95. The first-order chi connectivity index (χ1) is 10.1. The lowest BCUT2D eigenvalue weighted by Crippen LogP contribution is -2.48. The molecule has 3 nitrogen and oxygen atoms in total. The minimum Gasteiger partial charge on any atom is -0.390 e. The van der Waals surface area contributed by atoms with Crippen molar-refractivity contribution in [1.82, 2.24) is 9.88 Å². The van der Waals surface area contributed by atoms with E-state index in [-0.39, 0.29) is 11.0 Å². The van der Waals surface area contributed by atoms with Crippen LogP contribution >= 0.6 is 0 Å². The van der Waals surface area contributed by atoms with Gasteiger partial charge in [-0.25, -0.2) is 0 Å². The summed E-state index contributed by atoms with van der Waals surface area (Å²) in [6, 6.07) is 5.14. The smallest absolute Gasteiger partial charge is 0.0648 e. The van der Waals surface area contributed by atoms with Gasteiger partial charge in [0.2, 0.25) is 0 Å². The Hall–Kier alpha value is -0.930. The summed E-state index contributed by atoms with van der Waals surface area (Å²) in [5, 5.41) is 10.4. The van der Waals surface area contributed by atoms with Gasteiger partial charge in [-0.2, -0.15) is 0 Å². The highest BCUT2D eigenvalue weighted by molar-refractivity contribution is 5.26. The summed E-state index contributed by atoms with van der Waals surface area (Å²) in [4.78, 5) is 7.30. The second-order valence-corrected chi connectivity index (χ2v) is 7.62. The Morgan fingerprint density at radius 3 is 2.38 bits per heavy atom. The molecule has 2 heterocycles. The van der Waals surface area contributed by atoms with Crippen molar-refractivity contribution in [3.63, 3.8) is 0 Å². The normalized spacial score (nSPS) is 39.8. The van der Waals surface area contributed by atoms with E-state index in [1.807, 2.05) is 0 Å². The molecule has 3 saturated carbocycles. The number of pyridine rings is 1. The number of rotatable bonds is 2. The van der Waals surface area contributed by atoms with E-state index < -0.39 is 0 Å². The standard InChI is InChI=1S/C18H26N2O/c1-20-12-2-3-15(20)14-4-5-16(19-13-14)17-6-9-18(21,10-7-17)11-8-17/h4-5,13,15,21H,2-3,6-12H2,1H3. The van der Waals surface area contributed by atoms with Crippen LogP contribution in [-0.4, -0.2) is 34.2 Å². The van der Waals surface area contributed by atoms with Crippen molar-refractivity contribution < 1.29 is 5.11 Å². The molecule has 3 aliphatic carbocycles. The molecule has 0 radical (unpaired) electrons. The van der Waals surface area contributed by atoms with Gasteiger partial charge < -0.3 is 5.11 Å². The number of fused-ring (bicyclic) bond motifs is 3. The Bertz CT molecular complexity index is 500. The molecule has 0 amide bonds. The van der Waals surface area contributed by atoms with E-state index in [9.17, 15) is 5.11 Å². The average molecular weight is 286 g/mol. The molecule has 4 aliphatic rings. The van der Waals surface area contributed by atoms with Gasteiger partial charge in [0.1, 0.15) is 0 Å². The van der Waals surface area contributed by atoms with Crippen LogP contribution in [-0.2, 0) is 5.41 Å². The van der Waals surface area contributed by atoms with E-state index in [0.29, 0.717) is 6.04 Å². The molecule has 1 N–H and O–H groups in total. The zero-order valence-corrected chi connectivity index (χ0v) is 13.0. The highest BCUT2D eigenvalue weighted by Crippen LogP contribution is 2.53. The minimum absolute atomic E-state index is 0.255. The predicted molar refractivity (Wildman–Crippen MR) is 83.2 cm³/mol. The molecule has 114 valence electrons. The van der Waals surface area contributed by atoms with Crippen LogP contribution in [0.1, 0.15) is 68.7 Å². The summed E-state index contributed by atoms with van der Waals surface area (Å²) in [6.45, 7) is 1.20. The summed E-state index contributed by atoms with van der Waals surface area (Å²) < 4.78 is 0. The molecular formula is C18H26N2O. The highest BCUT2D eigenvalue weighted by atomic mass is 16.3. The molecule has 21 heavy (non-hydrogen) atoms. The zero-order valence-electron chi connectivity index (χ0n) is 13.0. The molecule has 0 aromatic carbocycles. The van der Waals surface area contributed by atoms with E-state index in [4.69, 9.17) is 4.98 Å². The van der Waals surface area contributed by atoms with E-state index in [2.05, 4.69) is 30.3 Å².